The summed E-state index contributed by atoms with van der Waals surface area (Å²) in [4.78, 5) is 6.56. The van der Waals surface area contributed by atoms with Gasteiger partial charge in [-0.2, -0.15) is 0 Å². The van der Waals surface area contributed by atoms with Gasteiger partial charge in [-0.05, 0) is 48.6 Å². The molecule has 0 saturated carbocycles. The van der Waals surface area contributed by atoms with Gasteiger partial charge in [-0.1, -0.05) is 31.2 Å². The van der Waals surface area contributed by atoms with Crippen LogP contribution in [0.1, 0.15) is 31.2 Å². The third kappa shape index (κ3) is 3.33. The van der Waals surface area contributed by atoms with E-state index in [0.717, 1.165) is 29.5 Å². The van der Waals surface area contributed by atoms with E-state index in [0.29, 0.717) is 12.5 Å². The van der Waals surface area contributed by atoms with Crippen molar-refractivity contribution in [3.05, 3.63) is 66.5 Å². The number of para-hydroxylation sites is 1. The maximum atomic E-state index is 6.31. The molecular weight excluding hydrogens is 322 g/mol. The van der Waals surface area contributed by atoms with Crippen LogP contribution in [0.2, 0.25) is 0 Å². The van der Waals surface area contributed by atoms with Gasteiger partial charge < -0.3 is 20.4 Å². The van der Waals surface area contributed by atoms with Crippen molar-refractivity contribution >= 4 is 21.8 Å². The largest absolute Gasteiger partial charge is 0.491 e. The molecular formula is C22H25N3O. The van der Waals surface area contributed by atoms with Crippen LogP contribution in [0, 0.1) is 0 Å². The van der Waals surface area contributed by atoms with Crippen LogP contribution < -0.4 is 10.5 Å². The molecule has 0 fully saturated rings. The van der Waals surface area contributed by atoms with Gasteiger partial charge in [0, 0.05) is 40.2 Å². The van der Waals surface area contributed by atoms with Crippen molar-refractivity contribution in [2.45, 2.75) is 31.7 Å². The van der Waals surface area contributed by atoms with Crippen molar-refractivity contribution < 1.29 is 4.74 Å². The average molecular weight is 347 g/mol. The average Bonchev–Trinajstić information content (AvgIpc) is 3.31. The topological polar surface area (TPSA) is 66.8 Å². The van der Waals surface area contributed by atoms with Crippen molar-refractivity contribution in [1.29, 1.82) is 0 Å². The number of H-pyrrole nitrogens is 2. The quantitative estimate of drug-likeness (QED) is 0.443. The maximum Gasteiger partial charge on any atom is 0.128 e. The van der Waals surface area contributed by atoms with Crippen molar-refractivity contribution in [3.8, 4) is 5.75 Å². The second-order valence-electron chi connectivity index (χ2n) is 7.03. The molecule has 0 spiro atoms. The molecule has 0 bridgehead atoms. The van der Waals surface area contributed by atoms with Crippen LogP contribution in [0.15, 0.2) is 60.9 Å². The zero-order chi connectivity index (χ0) is 17.9. The molecule has 2 unspecified atom stereocenters. The summed E-state index contributed by atoms with van der Waals surface area (Å²) < 4.78 is 5.98. The second-order valence-corrected chi connectivity index (χ2v) is 7.03. The van der Waals surface area contributed by atoms with E-state index in [4.69, 9.17) is 10.5 Å². The monoisotopic (exact) mass is 347 g/mol. The fourth-order valence-electron chi connectivity index (χ4n) is 3.58. The number of fused-ring (bicyclic) bond motifs is 2. The van der Waals surface area contributed by atoms with Crippen LogP contribution >= 0.6 is 0 Å². The van der Waals surface area contributed by atoms with Gasteiger partial charge in [0.2, 0.25) is 0 Å². The Morgan fingerprint density at radius 2 is 1.73 bits per heavy atom. The fraction of sp³-hybridized carbons (Fsp3) is 0.273. The fourth-order valence-corrected chi connectivity index (χ4v) is 3.58. The summed E-state index contributed by atoms with van der Waals surface area (Å²) in [6.45, 7) is 2.80. The van der Waals surface area contributed by atoms with Gasteiger partial charge in [0.25, 0.3) is 0 Å². The Balaban J connectivity index is 1.33. The number of nitrogens with one attached hydrogen (secondary N) is 2. The van der Waals surface area contributed by atoms with Gasteiger partial charge in [0.15, 0.2) is 0 Å². The Kier molecular flexibility index (Phi) is 4.67. The summed E-state index contributed by atoms with van der Waals surface area (Å²) in [5.74, 6) is 1.36. The van der Waals surface area contributed by atoms with E-state index in [1.54, 1.807) is 0 Å². The predicted octanol–water partition coefficient (Wildman–Crippen LogP) is 4.94. The van der Waals surface area contributed by atoms with Crippen LogP contribution in [0.3, 0.4) is 0 Å². The number of ether oxygens (including phenoxy) is 1. The Morgan fingerprint density at radius 1 is 0.923 bits per heavy atom. The Morgan fingerprint density at radius 3 is 2.65 bits per heavy atom. The molecule has 2 atom stereocenters. The van der Waals surface area contributed by atoms with Crippen molar-refractivity contribution in [1.82, 2.24) is 9.97 Å². The Labute approximate surface area is 153 Å². The highest BCUT2D eigenvalue weighted by atomic mass is 16.5. The van der Waals surface area contributed by atoms with Crippen LogP contribution in [0.4, 0.5) is 0 Å². The third-order valence-electron chi connectivity index (χ3n) is 5.13. The first-order chi connectivity index (χ1) is 12.7. The van der Waals surface area contributed by atoms with Crippen molar-refractivity contribution in [2.75, 3.05) is 6.61 Å². The molecule has 0 radical (unpaired) electrons. The first-order valence-corrected chi connectivity index (χ1v) is 9.23. The van der Waals surface area contributed by atoms with E-state index in [1.165, 1.54) is 16.5 Å². The molecule has 4 rings (SSSR count). The van der Waals surface area contributed by atoms with Gasteiger partial charge in [0.05, 0.1) is 0 Å². The number of rotatable bonds is 7. The Bertz CT molecular complexity index is 1000. The van der Waals surface area contributed by atoms with Gasteiger partial charge >= 0.3 is 0 Å². The number of aromatic nitrogens is 2. The van der Waals surface area contributed by atoms with Crippen molar-refractivity contribution in [3.63, 3.8) is 0 Å². The van der Waals surface area contributed by atoms with E-state index in [2.05, 4.69) is 47.4 Å². The highest BCUT2D eigenvalue weighted by molar-refractivity contribution is 5.85. The molecule has 2 aromatic carbocycles. The first-order valence-electron chi connectivity index (χ1n) is 9.23. The van der Waals surface area contributed by atoms with Crippen LogP contribution in [0.25, 0.3) is 21.8 Å². The van der Waals surface area contributed by atoms with E-state index < -0.39 is 0 Å². The summed E-state index contributed by atoms with van der Waals surface area (Å²) in [5.41, 5.74) is 9.96. The smallest absolute Gasteiger partial charge is 0.128 e. The van der Waals surface area contributed by atoms with Crippen LogP contribution in [-0.4, -0.2) is 22.6 Å². The van der Waals surface area contributed by atoms with E-state index in [-0.39, 0.29) is 6.04 Å². The molecule has 0 aliphatic rings. The van der Waals surface area contributed by atoms with Gasteiger partial charge in [-0.25, -0.2) is 0 Å². The standard InChI is InChI=1S/C22H25N3O/c1-15(19-13-25-20-6-3-2-5-17(19)20)9-10-16(23)14-26-22-8-4-7-21-18(22)11-12-24-21/h2-8,11-13,15-16,24-25H,9-10,14,23H2,1H3. The first kappa shape index (κ1) is 16.7. The maximum absolute atomic E-state index is 6.31. The van der Waals surface area contributed by atoms with Crippen LogP contribution in [-0.2, 0) is 0 Å². The molecule has 134 valence electrons. The molecule has 0 aliphatic heterocycles. The van der Waals surface area contributed by atoms with Gasteiger partial charge in [-0.15, -0.1) is 0 Å². The van der Waals surface area contributed by atoms with Gasteiger partial charge in [-0.3, -0.25) is 0 Å². The molecule has 2 aromatic heterocycles. The molecule has 4 heteroatoms. The van der Waals surface area contributed by atoms with E-state index in [1.807, 2.05) is 30.5 Å². The van der Waals surface area contributed by atoms with Crippen LogP contribution in [0.5, 0.6) is 5.75 Å². The minimum absolute atomic E-state index is 0.0249. The Hall–Kier alpha value is -2.72. The van der Waals surface area contributed by atoms with E-state index >= 15 is 0 Å². The molecule has 4 nitrogen and oxygen atoms in total. The molecule has 26 heavy (non-hydrogen) atoms. The normalized spacial score (nSPS) is 13.9. The predicted molar refractivity (Wildman–Crippen MR) is 108 cm³/mol. The lowest BCUT2D eigenvalue weighted by atomic mass is 9.94. The third-order valence-corrected chi connectivity index (χ3v) is 5.13. The second kappa shape index (κ2) is 7.26. The molecule has 0 saturated heterocycles. The highest BCUT2D eigenvalue weighted by Gasteiger charge is 2.13. The van der Waals surface area contributed by atoms with Gasteiger partial charge in [0.1, 0.15) is 12.4 Å². The minimum atomic E-state index is 0.0249. The number of hydrogen-bond donors (Lipinski definition) is 3. The number of aromatic amines is 2. The lowest BCUT2D eigenvalue weighted by Crippen LogP contribution is -2.28. The highest BCUT2D eigenvalue weighted by Crippen LogP contribution is 2.29. The number of nitrogens with two attached hydrogens (primary N) is 1. The summed E-state index contributed by atoms with van der Waals surface area (Å²) in [5, 5.41) is 2.41. The van der Waals surface area contributed by atoms with Crippen molar-refractivity contribution in [2.24, 2.45) is 5.73 Å². The summed E-state index contributed by atoms with van der Waals surface area (Å²) in [7, 11) is 0. The molecule has 0 aliphatic carbocycles. The molecule has 4 N–H and O–H groups in total. The number of hydrogen-bond acceptors (Lipinski definition) is 2. The molecule has 4 aromatic rings. The zero-order valence-corrected chi connectivity index (χ0v) is 15.0. The zero-order valence-electron chi connectivity index (χ0n) is 15.0. The number of benzene rings is 2. The summed E-state index contributed by atoms with van der Waals surface area (Å²) in [6.07, 6.45) is 6.04. The lowest BCUT2D eigenvalue weighted by molar-refractivity contribution is 0.281. The lowest BCUT2D eigenvalue weighted by Gasteiger charge is -2.16. The summed E-state index contributed by atoms with van der Waals surface area (Å²) >= 11 is 0. The SMILES string of the molecule is CC(CCC(N)COc1cccc2[nH]ccc12)c1c[nH]c2ccccc12. The van der Waals surface area contributed by atoms with E-state index in [9.17, 15) is 0 Å². The molecule has 0 amide bonds. The minimum Gasteiger partial charge on any atom is -0.491 e. The molecule has 2 heterocycles. The summed E-state index contributed by atoms with van der Waals surface area (Å²) in [6, 6.07) is 16.6.